The summed E-state index contributed by atoms with van der Waals surface area (Å²) in [7, 11) is 0. The van der Waals surface area contributed by atoms with E-state index in [2.05, 4.69) is 6.92 Å². The fourth-order valence-corrected chi connectivity index (χ4v) is 4.06. The van der Waals surface area contributed by atoms with E-state index in [4.69, 9.17) is 4.74 Å². The Hall–Kier alpha value is -1.45. The van der Waals surface area contributed by atoms with Crippen molar-refractivity contribution in [1.29, 1.82) is 0 Å². The normalized spacial score (nSPS) is 20.7. The molecule has 1 aromatic carbocycles. The lowest BCUT2D eigenvalue weighted by molar-refractivity contribution is 0.0940. The first-order valence-electron chi connectivity index (χ1n) is 9.55. The van der Waals surface area contributed by atoms with Gasteiger partial charge in [-0.1, -0.05) is 32.6 Å². The van der Waals surface area contributed by atoms with E-state index in [1.165, 1.54) is 31.7 Å². The molecule has 1 saturated carbocycles. The van der Waals surface area contributed by atoms with E-state index >= 15 is 0 Å². The standard InChI is InChI=1S/C21H30F2O2/c1-4-6-15-7-9-16(10-8-15)13-18(24)17-11-12-19(25-5-2)20(14(17)3)21(22)23/h11-12,15-16,21H,4-10,13H2,1-3H3. The predicted molar refractivity (Wildman–Crippen MR) is 96.6 cm³/mol. The zero-order chi connectivity index (χ0) is 18.4. The maximum atomic E-state index is 13.4. The van der Waals surface area contributed by atoms with Crippen LogP contribution in [0.4, 0.5) is 8.78 Å². The summed E-state index contributed by atoms with van der Waals surface area (Å²) in [6, 6.07) is 3.17. The molecular formula is C21H30F2O2. The fourth-order valence-electron chi connectivity index (χ4n) is 4.06. The molecule has 0 atom stereocenters. The number of carbonyl (C=O) groups is 1. The van der Waals surface area contributed by atoms with Gasteiger partial charge in [0.1, 0.15) is 5.75 Å². The molecule has 0 saturated heterocycles. The molecule has 0 spiro atoms. The molecule has 0 heterocycles. The van der Waals surface area contributed by atoms with Gasteiger partial charge in [0.15, 0.2) is 5.78 Å². The topological polar surface area (TPSA) is 26.3 Å². The number of carbonyl (C=O) groups excluding carboxylic acids is 1. The molecule has 0 amide bonds. The minimum Gasteiger partial charge on any atom is -0.493 e. The van der Waals surface area contributed by atoms with Crippen molar-refractivity contribution in [2.24, 2.45) is 11.8 Å². The molecule has 1 aromatic rings. The molecule has 2 nitrogen and oxygen atoms in total. The van der Waals surface area contributed by atoms with Crippen molar-refractivity contribution in [1.82, 2.24) is 0 Å². The van der Waals surface area contributed by atoms with E-state index in [1.54, 1.807) is 19.9 Å². The number of benzene rings is 1. The van der Waals surface area contributed by atoms with Gasteiger partial charge >= 0.3 is 0 Å². The number of halogens is 2. The van der Waals surface area contributed by atoms with Gasteiger partial charge < -0.3 is 4.74 Å². The van der Waals surface area contributed by atoms with E-state index in [9.17, 15) is 13.6 Å². The van der Waals surface area contributed by atoms with Crippen LogP contribution in [0.25, 0.3) is 0 Å². The minimum absolute atomic E-state index is 0.0126. The van der Waals surface area contributed by atoms with E-state index in [1.807, 2.05) is 0 Å². The molecule has 0 aromatic heterocycles. The number of ether oxygens (including phenoxy) is 1. The van der Waals surface area contributed by atoms with Gasteiger partial charge in [-0.3, -0.25) is 4.79 Å². The van der Waals surface area contributed by atoms with Crippen LogP contribution in [0.15, 0.2) is 12.1 Å². The third-order valence-electron chi connectivity index (χ3n) is 5.43. The molecule has 0 bridgehead atoms. The van der Waals surface area contributed by atoms with E-state index in [-0.39, 0.29) is 17.1 Å². The molecule has 140 valence electrons. The van der Waals surface area contributed by atoms with Gasteiger partial charge in [0.25, 0.3) is 6.43 Å². The average molecular weight is 352 g/mol. The average Bonchev–Trinajstić information content (AvgIpc) is 2.57. The van der Waals surface area contributed by atoms with Crippen molar-refractivity contribution in [3.8, 4) is 5.75 Å². The van der Waals surface area contributed by atoms with Crippen LogP contribution in [0, 0.1) is 18.8 Å². The highest BCUT2D eigenvalue weighted by atomic mass is 19.3. The highest BCUT2D eigenvalue weighted by Gasteiger charge is 2.26. The van der Waals surface area contributed by atoms with Gasteiger partial charge in [0.05, 0.1) is 12.2 Å². The largest absolute Gasteiger partial charge is 0.493 e. The Morgan fingerprint density at radius 1 is 1.16 bits per heavy atom. The molecule has 2 rings (SSSR count). The van der Waals surface area contributed by atoms with Gasteiger partial charge in [-0.2, -0.15) is 0 Å². The molecule has 0 aliphatic heterocycles. The van der Waals surface area contributed by atoms with Crippen LogP contribution in [-0.4, -0.2) is 12.4 Å². The van der Waals surface area contributed by atoms with Crippen molar-refractivity contribution in [3.63, 3.8) is 0 Å². The highest BCUT2D eigenvalue weighted by Crippen LogP contribution is 2.37. The lowest BCUT2D eigenvalue weighted by atomic mass is 9.77. The monoisotopic (exact) mass is 352 g/mol. The molecule has 0 radical (unpaired) electrons. The van der Waals surface area contributed by atoms with Crippen LogP contribution in [0.3, 0.4) is 0 Å². The van der Waals surface area contributed by atoms with Crippen LogP contribution in [0.1, 0.15) is 86.7 Å². The molecular weight excluding hydrogens is 322 g/mol. The number of Topliss-reactive ketones (excluding diaryl/α,β-unsaturated/α-hetero) is 1. The molecule has 0 unspecified atom stereocenters. The Kier molecular flexibility index (Phi) is 7.39. The van der Waals surface area contributed by atoms with Gasteiger partial charge in [-0.05, 0) is 56.2 Å². The van der Waals surface area contributed by atoms with Gasteiger partial charge in [-0.15, -0.1) is 0 Å². The van der Waals surface area contributed by atoms with Crippen LogP contribution >= 0.6 is 0 Å². The van der Waals surface area contributed by atoms with E-state index < -0.39 is 6.43 Å². The third kappa shape index (κ3) is 5.02. The SMILES string of the molecule is CCCC1CCC(CC(=O)c2ccc(OCC)c(C(F)F)c2C)CC1. The Morgan fingerprint density at radius 2 is 1.80 bits per heavy atom. The second-order valence-corrected chi connectivity index (χ2v) is 7.19. The Bertz CT molecular complexity index is 576. The quantitative estimate of drug-likeness (QED) is 0.498. The third-order valence-corrected chi connectivity index (χ3v) is 5.43. The summed E-state index contributed by atoms with van der Waals surface area (Å²) in [5, 5.41) is 0. The molecule has 0 N–H and O–H groups in total. The number of rotatable bonds is 8. The summed E-state index contributed by atoms with van der Waals surface area (Å²) >= 11 is 0. The van der Waals surface area contributed by atoms with Crippen LogP contribution < -0.4 is 4.74 Å². The Morgan fingerprint density at radius 3 is 2.36 bits per heavy atom. The van der Waals surface area contributed by atoms with Crippen molar-refractivity contribution in [3.05, 3.63) is 28.8 Å². The Balaban J connectivity index is 2.08. The molecule has 1 fully saturated rings. The van der Waals surface area contributed by atoms with Crippen molar-refractivity contribution >= 4 is 5.78 Å². The summed E-state index contributed by atoms with van der Waals surface area (Å²) in [5.74, 6) is 1.36. The van der Waals surface area contributed by atoms with Crippen LogP contribution in [0.2, 0.25) is 0 Å². The zero-order valence-electron chi connectivity index (χ0n) is 15.6. The maximum absolute atomic E-state index is 13.4. The maximum Gasteiger partial charge on any atom is 0.267 e. The first-order valence-corrected chi connectivity index (χ1v) is 9.55. The van der Waals surface area contributed by atoms with Crippen LogP contribution in [-0.2, 0) is 0 Å². The summed E-state index contributed by atoms with van der Waals surface area (Å²) in [5.41, 5.74) is 0.652. The first-order chi connectivity index (χ1) is 12.0. The second kappa shape index (κ2) is 9.30. The number of alkyl halides is 2. The number of hydrogen-bond donors (Lipinski definition) is 0. The molecule has 1 aliphatic rings. The molecule has 4 heteroatoms. The Labute approximate surface area is 150 Å². The van der Waals surface area contributed by atoms with Gasteiger partial charge in [0.2, 0.25) is 0 Å². The minimum atomic E-state index is -2.64. The summed E-state index contributed by atoms with van der Waals surface area (Å²) in [6.07, 6.45) is 4.86. The number of hydrogen-bond acceptors (Lipinski definition) is 2. The zero-order valence-corrected chi connectivity index (χ0v) is 15.6. The lowest BCUT2D eigenvalue weighted by Crippen LogP contribution is -2.18. The second-order valence-electron chi connectivity index (χ2n) is 7.19. The van der Waals surface area contributed by atoms with Crippen molar-refractivity contribution < 1.29 is 18.3 Å². The van der Waals surface area contributed by atoms with Crippen molar-refractivity contribution in [2.45, 2.75) is 72.1 Å². The predicted octanol–water partition coefficient (Wildman–Crippen LogP) is 6.51. The van der Waals surface area contributed by atoms with Crippen LogP contribution in [0.5, 0.6) is 5.75 Å². The summed E-state index contributed by atoms with van der Waals surface area (Å²) in [6.45, 7) is 5.91. The van der Waals surface area contributed by atoms with Gasteiger partial charge in [-0.25, -0.2) is 8.78 Å². The lowest BCUT2D eigenvalue weighted by Gasteiger charge is -2.28. The fraction of sp³-hybridized carbons (Fsp3) is 0.667. The first kappa shape index (κ1) is 19.9. The summed E-state index contributed by atoms with van der Waals surface area (Å²) in [4.78, 5) is 12.7. The van der Waals surface area contributed by atoms with Gasteiger partial charge in [0, 0.05) is 12.0 Å². The summed E-state index contributed by atoms with van der Waals surface area (Å²) < 4.78 is 32.2. The van der Waals surface area contributed by atoms with E-state index in [0.29, 0.717) is 30.1 Å². The highest BCUT2D eigenvalue weighted by molar-refractivity contribution is 5.98. The van der Waals surface area contributed by atoms with Crippen molar-refractivity contribution in [2.75, 3.05) is 6.61 Å². The van der Waals surface area contributed by atoms with E-state index in [0.717, 1.165) is 18.8 Å². The molecule has 25 heavy (non-hydrogen) atoms. The smallest absolute Gasteiger partial charge is 0.267 e. The molecule has 1 aliphatic carbocycles. The number of ketones is 1.